The zero-order valence-corrected chi connectivity index (χ0v) is 20.7. The maximum absolute atomic E-state index is 13.3. The number of aromatic nitrogens is 1. The first-order valence-corrected chi connectivity index (χ1v) is 12.3. The van der Waals surface area contributed by atoms with Crippen molar-refractivity contribution in [2.24, 2.45) is 5.92 Å². The fourth-order valence-corrected chi connectivity index (χ4v) is 5.06. The lowest BCUT2D eigenvalue weighted by molar-refractivity contribution is -0.117. The molecule has 1 N–H and O–H groups in total. The number of nitrogens with zero attached hydrogens (tertiary/aromatic N) is 4. The highest BCUT2D eigenvalue weighted by molar-refractivity contribution is 6.32. The van der Waals surface area contributed by atoms with Crippen molar-refractivity contribution in [3.63, 3.8) is 0 Å². The molecule has 7 nitrogen and oxygen atoms in total. The Kier molecular flexibility index (Phi) is 6.49. The molecule has 1 aliphatic carbocycles. The van der Waals surface area contributed by atoms with E-state index in [2.05, 4.69) is 20.9 Å². The number of anilines is 1. The standard InChI is InChI=1S/C27H29ClN4O3/c1-30(2)25(16-33)31-9-11-32(12-10-31)26-20-13-18(19-6-8-24(34)22(28)14-19)5-7-23(20)29-15-21(26)27(35)17-3-4-17/h5-8,13-17,25,34H,3-4,9-12H2,1-2H3. The maximum Gasteiger partial charge on any atom is 0.169 e. The van der Waals surface area contributed by atoms with Crippen molar-refractivity contribution in [2.75, 3.05) is 45.2 Å². The van der Waals surface area contributed by atoms with Gasteiger partial charge in [-0.25, -0.2) is 0 Å². The molecule has 35 heavy (non-hydrogen) atoms. The minimum Gasteiger partial charge on any atom is -0.506 e. The molecule has 1 saturated heterocycles. The maximum atomic E-state index is 13.3. The van der Waals surface area contributed by atoms with E-state index < -0.39 is 0 Å². The van der Waals surface area contributed by atoms with E-state index in [0.29, 0.717) is 23.7 Å². The number of rotatable bonds is 7. The van der Waals surface area contributed by atoms with Gasteiger partial charge in [-0.05, 0) is 62.3 Å². The number of phenols is 1. The van der Waals surface area contributed by atoms with Crippen molar-refractivity contribution < 1.29 is 14.7 Å². The highest BCUT2D eigenvalue weighted by Crippen LogP contribution is 2.40. The van der Waals surface area contributed by atoms with E-state index in [1.807, 2.05) is 37.2 Å². The number of hydrogen-bond donors (Lipinski definition) is 1. The van der Waals surface area contributed by atoms with Crippen molar-refractivity contribution in [2.45, 2.75) is 19.0 Å². The number of Topliss-reactive ketones (excluding diaryl/α,β-unsaturated/α-hetero) is 1. The molecule has 2 fully saturated rings. The largest absolute Gasteiger partial charge is 0.506 e. The lowest BCUT2D eigenvalue weighted by Gasteiger charge is -2.41. The van der Waals surface area contributed by atoms with Crippen molar-refractivity contribution in [3.8, 4) is 16.9 Å². The number of likely N-dealkylation sites (N-methyl/N-ethyl adjacent to an activating group) is 1. The first-order valence-electron chi connectivity index (χ1n) is 11.9. The molecule has 3 aromatic rings. The van der Waals surface area contributed by atoms with Crippen LogP contribution in [0, 0.1) is 5.92 Å². The highest BCUT2D eigenvalue weighted by atomic mass is 35.5. The summed E-state index contributed by atoms with van der Waals surface area (Å²) in [6.45, 7) is 2.85. The Balaban J connectivity index is 1.57. The minimum atomic E-state index is -0.259. The number of benzene rings is 2. The molecular formula is C27H29ClN4O3. The zero-order valence-electron chi connectivity index (χ0n) is 19.9. The summed E-state index contributed by atoms with van der Waals surface area (Å²) in [5.74, 6) is 0.288. The molecular weight excluding hydrogens is 464 g/mol. The van der Waals surface area contributed by atoms with Crippen LogP contribution in [0.2, 0.25) is 5.02 Å². The van der Waals surface area contributed by atoms with Gasteiger partial charge in [0.2, 0.25) is 0 Å². The van der Waals surface area contributed by atoms with Gasteiger partial charge in [0.1, 0.15) is 11.9 Å². The summed E-state index contributed by atoms with van der Waals surface area (Å²) >= 11 is 6.17. The molecule has 8 heteroatoms. The smallest absolute Gasteiger partial charge is 0.169 e. The van der Waals surface area contributed by atoms with Gasteiger partial charge in [-0.15, -0.1) is 0 Å². The Bertz CT molecular complexity index is 1280. The number of hydrogen-bond acceptors (Lipinski definition) is 7. The molecule has 0 amide bonds. The van der Waals surface area contributed by atoms with Crippen LogP contribution >= 0.6 is 11.6 Å². The van der Waals surface area contributed by atoms with Crippen LogP contribution in [0.1, 0.15) is 23.2 Å². The first kappa shape index (κ1) is 23.7. The van der Waals surface area contributed by atoms with Gasteiger partial charge in [0.25, 0.3) is 0 Å². The summed E-state index contributed by atoms with van der Waals surface area (Å²) in [6.07, 6.45) is 4.31. The van der Waals surface area contributed by atoms with Crippen LogP contribution in [0.3, 0.4) is 0 Å². The first-order chi connectivity index (χ1) is 16.9. The lowest BCUT2D eigenvalue weighted by Crippen LogP contribution is -2.55. The summed E-state index contributed by atoms with van der Waals surface area (Å²) in [7, 11) is 3.82. The number of phenolic OH excluding ortho intramolecular Hbond substituents is 1. The molecule has 5 rings (SSSR count). The van der Waals surface area contributed by atoms with Crippen LogP contribution < -0.4 is 4.90 Å². The van der Waals surface area contributed by atoms with E-state index >= 15 is 0 Å². The van der Waals surface area contributed by atoms with Gasteiger partial charge in [-0.3, -0.25) is 19.6 Å². The second-order valence-electron chi connectivity index (χ2n) is 9.59. The van der Waals surface area contributed by atoms with Crippen LogP contribution in [0.4, 0.5) is 5.69 Å². The molecule has 1 aromatic heterocycles. The third-order valence-electron chi connectivity index (χ3n) is 6.99. The van der Waals surface area contributed by atoms with Crippen molar-refractivity contribution in [1.82, 2.24) is 14.8 Å². The molecule has 2 heterocycles. The summed E-state index contributed by atoms with van der Waals surface area (Å²) < 4.78 is 0. The second kappa shape index (κ2) is 9.57. The van der Waals surface area contributed by atoms with Gasteiger partial charge in [0.05, 0.1) is 21.8 Å². The molecule has 1 saturated carbocycles. The van der Waals surface area contributed by atoms with Gasteiger partial charge in [-0.1, -0.05) is 23.7 Å². The number of halogens is 1. The van der Waals surface area contributed by atoms with Gasteiger partial charge in [0.15, 0.2) is 12.1 Å². The molecule has 2 aliphatic rings. The lowest BCUT2D eigenvalue weighted by atomic mass is 9.98. The normalized spacial score (nSPS) is 17.7. The van der Waals surface area contributed by atoms with Gasteiger partial charge >= 0.3 is 0 Å². The summed E-state index contributed by atoms with van der Waals surface area (Å²) in [5.41, 5.74) is 4.23. The van der Waals surface area contributed by atoms with Crippen LogP contribution in [0.25, 0.3) is 22.0 Å². The van der Waals surface area contributed by atoms with E-state index in [-0.39, 0.29) is 23.6 Å². The Hall–Kier alpha value is -3.00. The molecule has 1 unspecified atom stereocenters. The van der Waals surface area contributed by atoms with E-state index in [4.69, 9.17) is 11.6 Å². The molecule has 1 aliphatic heterocycles. The molecule has 1 atom stereocenters. The minimum absolute atomic E-state index is 0.0418. The topological polar surface area (TPSA) is 77.0 Å². The fourth-order valence-electron chi connectivity index (χ4n) is 4.88. The summed E-state index contributed by atoms with van der Waals surface area (Å²) in [5, 5.41) is 11.0. The van der Waals surface area contributed by atoms with Crippen LogP contribution in [-0.2, 0) is 4.79 Å². The predicted octanol–water partition coefficient (Wildman–Crippen LogP) is 4.06. The number of piperazine rings is 1. The molecule has 0 spiro atoms. The Morgan fingerprint density at radius 1 is 1.11 bits per heavy atom. The fraction of sp³-hybridized carbons (Fsp3) is 0.370. The number of aromatic hydroxyl groups is 1. The van der Waals surface area contributed by atoms with Gasteiger partial charge < -0.3 is 14.8 Å². The van der Waals surface area contributed by atoms with Crippen LogP contribution in [0.15, 0.2) is 42.6 Å². The van der Waals surface area contributed by atoms with E-state index in [0.717, 1.165) is 59.9 Å². The van der Waals surface area contributed by atoms with Gasteiger partial charge in [-0.2, -0.15) is 0 Å². The molecule has 0 bridgehead atoms. The van der Waals surface area contributed by atoms with E-state index in [1.165, 1.54) is 0 Å². The molecule has 2 aromatic carbocycles. The third-order valence-corrected chi connectivity index (χ3v) is 7.29. The Labute approximate surface area is 209 Å². The number of pyridine rings is 1. The third kappa shape index (κ3) is 4.63. The summed E-state index contributed by atoms with van der Waals surface area (Å²) in [4.78, 5) is 35.9. The zero-order chi connectivity index (χ0) is 24.7. The SMILES string of the molecule is CN(C)C(C=O)N1CCN(c2c(C(=O)C3CC3)cnc3ccc(-c4ccc(O)c(Cl)c4)cc23)CC1. The monoisotopic (exact) mass is 492 g/mol. The number of aldehydes is 1. The Morgan fingerprint density at radius 2 is 1.80 bits per heavy atom. The van der Waals surface area contributed by atoms with Crippen LogP contribution in [0.5, 0.6) is 5.75 Å². The second-order valence-corrected chi connectivity index (χ2v) is 10.0. The van der Waals surface area contributed by atoms with Gasteiger partial charge in [0, 0.05) is 43.7 Å². The predicted molar refractivity (Wildman–Crippen MR) is 138 cm³/mol. The van der Waals surface area contributed by atoms with E-state index in [9.17, 15) is 14.7 Å². The summed E-state index contributed by atoms with van der Waals surface area (Å²) in [6, 6.07) is 11.2. The molecule has 0 radical (unpaired) electrons. The van der Waals surface area contributed by atoms with Crippen LogP contribution in [-0.4, -0.2) is 78.4 Å². The average molecular weight is 493 g/mol. The number of ketones is 1. The number of carbonyl (C=O) groups is 2. The van der Waals surface area contributed by atoms with Crippen molar-refractivity contribution in [1.29, 1.82) is 0 Å². The average Bonchev–Trinajstić information content (AvgIpc) is 3.71. The Morgan fingerprint density at radius 3 is 2.43 bits per heavy atom. The quantitative estimate of drug-likeness (QED) is 0.393. The number of fused-ring (bicyclic) bond motifs is 1. The van der Waals surface area contributed by atoms with Crippen molar-refractivity contribution >= 4 is 40.3 Å². The number of carbonyl (C=O) groups excluding carboxylic acids is 2. The van der Waals surface area contributed by atoms with E-state index in [1.54, 1.807) is 18.3 Å². The highest BCUT2D eigenvalue weighted by Gasteiger charge is 2.34. The van der Waals surface area contributed by atoms with Crippen molar-refractivity contribution in [3.05, 3.63) is 53.2 Å². The molecule has 182 valence electrons.